The quantitative estimate of drug-likeness (QED) is 0.811. The van der Waals surface area contributed by atoms with Gasteiger partial charge in [0.2, 0.25) is 0 Å². The fourth-order valence-electron chi connectivity index (χ4n) is 1.77. The van der Waals surface area contributed by atoms with Gasteiger partial charge in [0.05, 0.1) is 24.9 Å². The fourth-order valence-corrected chi connectivity index (χ4v) is 1.77. The summed E-state index contributed by atoms with van der Waals surface area (Å²) >= 11 is 0. The van der Waals surface area contributed by atoms with Crippen molar-refractivity contribution >= 4 is 0 Å². The number of aliphatic hydroxyl groups excluding tert-OH is 1. The van der Waals surface area contributed by atoms with E-state index in [2.05, 4.69) is 0 Å². The standard InChI is InChI=1S/C15H24O3/c1-11(2)18-15(13(4)17-10-12(3)16)14-8-6-5-7-9-14/h5-9,11-13,15-16H,10H2,1-4H3. The number of aliphatic hydroxyl groups is 1. The molecule has 0 aliphatic carbocycles. The van der Waals surface area contributed by atoms with Crippen LogP contribution in [-0.2, 0) is 9.47 Å². The second kappa shape index (κ2) is 7.52. The van der Waals surface area contributed by atoms with Gasteiger partial charge in [0, 0.05) is 0 Å². The minimum Gasteiger partial charge on any atom is -0.391 e. The van der Waals surface area contributed by atoms with Crippen molar-refractivity contribution in [3.05, 3.63) is 35.9 Å². The molecule has 1 aromatic rings. The summed E-state index contributed by atoms with van der Waals surface area (Å²) in [6.07, 6.45) is -0.523. The van der Waals surface area contributed by atoms with E-state index in [1.54, 1.807) is 6.92 Å². The first-order valence-corrected chi connectivity index (χ1v) is 6.50. The number of rotatable bonds is 7. The highest BCUT2D eigenvalue weighted by Gasteiger charge is 2.22. The molecule has 0 radical (unpaired) electrons. The lowest BCUT2D eigenvalue weighted by atomic mass is 10.0. The van der Waals surface area contributed by atoms with E-state index in [-0.39, 0.29) is 18.3 Å². The molecule has 3 unspecified atom stereocenters. The molecule has 0 amide bonds. The van der Waals surface area contributed by atoms with Crippen molar-refractivity contribution in [1.82, 2.24) is 0 Å². The van der Waals surface area contributed by atoms with E-state index in [1.165, 1.54) is 0 Å². The maximum absolute atomic E-state index is 9.27. The zero-order valence-electron chi connectivity index (χ0n) is 11.7. The third kappa shape index (κ3) is 5.17. The van der Waals surface area contributed by atoms with Gasteiger partial charge in [-0.1, -0.05) is 30.3 Å². The van der Waals surface area contributed by atoms with Gasteiger partial charge < -0.3 is 14.6 Å². The Morgan fingerprint density at radius 3 is 2.17 bits per heavy atom. The maximum atomic E-state index is 9.27. The van der Waals surface area contributed by atoms with Crippen LogP contribution < -0.4 is 0 Å². The van der Waals surface area contributed by atoms with Crippen LogP contribution in [0.15, 0.2) is 30.3 Å². The summed E-state index contributed by atoms with van der Waals surface area (Å²) in [7, 11) is 0. The van der Waals surface area contributed by atoms with Crippen LogP contribution >= 0.6 is 0 Å². The summed E-state index contributed by atoms with van der Waals surface area (Å²) in [6.45, 7) is 8.04. The van der Waals surface area contributed by atoms with Crippen molar-refractivity contribution in [1.29, 1.82) is 0 Å². The third-order valence-corrected chi connectivity index (χ3v) is 2.57. The molecule has 18 heavy (non-hydrogen) atoms. The van der Waals surface area contributed by atoms with Crippen molar-refractivity contribution in [3.63, 3.8) is 0 Å². The molecule has 0 saturated carbocycles. The predicted molar refractivity (Wildman–Crippen MR) is 72.5 cm³/mol. The summed E-state index contributed by atoms with van der Waals surface area (Å²) in [5.74, 6) is 0. The Morgan fingerprint density at radius 2 is 1.67 bits per heavy atom. The average Bonchev–Trinajstić information content (AvgIpc) is 2.34. The highest BCUT2D eigenvalue weighted by Crippen LogP contribution is 2.25. The monoisotopic (exact) mass is 252 g/mol. The smallest absolute Gasteiger partial charge is 0.109 e. The van der Waals surface area contributed by atoms with Gasteiger partial charge in [-0.3, -0.25) is 0 Å². The number of hydrogen-bond donors (Lipinski definition) is 1. The molecule has 0 saturated heterocycles. The van der Waals surface area contributed by atoms with Crippen LogP contribution in [0, 0.1) is 0 Å². The van der Waals surface area contributed by atoms with E-state index in [4.69, 9.17) is 9.47 Å². The molecule has 0 fully saturated rings. The lowest BCUT2D eigenvalue weighted by molar-refractivity contribution is -0.101. The molecule has 1 N–H and O–H groups in total. The molecule has 0 spiro atoms. The second-order valence-corrected chi connectivity index (χ2v) is 4.90. The van der Waals surface area contributed by atoms with E-state index >= 15 is 0 Å². The minimum absolute atomic E-state index is 0.0931. The largest absolute Gasteiger partial charge is 0.391 e. The van der Waals surface area contributed by atoms with E-state index in [0.29, 0.717) is 6.61 Å². The summed E-state index contributed by atoms with van der Waals surface area (Å²) in [5, 5.41) is 9.27. The first kappa shape index (κ1) is 15.2. The highest BCUT2D eigenvalue weighted by molar-refractivity contribution is 5.18. The summed E-state index contributed by atoms with van der Waals surface area (Å²) < 4.78 is 11.6. The molecule has 1 rings (SSSR count). The Morgan fingerprint density at radius 1 is 1.06 bits per heavy atom. The molecule has 1 aromatic carbocycles. The van der Waals surface area contributed by atoms with Crippen molar-refractivity contribution in [2.45, 2.75) is 52.1 Å². The van der Waals surface area contributed by atoms with E-state index in [1.807, 2.05) is 51.1 Å². The van der Waals surface area contributed by atoms with Crippen molar-refractivity contribution in [2.24, 2.45) is 0 Å². The average molecular weight is 252 g/mol. The fraction of sp³-hybridized carbons (Fsp3) is 0.600. The van der Waals surface area contributed by atoms with E-state index < -0.39 is 6.10 Å². The molecule has 3 atom stereocenters. The highest BCUT2D eigenvalue weighted by atomic mass is 16.5. The Balaban J connectivity index is 2.72. The number of hydrogen-bond acceptors (Lipinski definition) is 3. The zero-order valence-corrected chi connectivity index (χ0v) is 11.7. The van der Waals surface area contributed by atoms with Crippen molar-refractivity contribution in [2.75, 3.05) is 6.61 Å². The second-order valence-electron chi connectivity index (χ2n) is 4.90. The Bertz CT molecular complexity index is 322. The van der Waals surface area contributed by atoms with Gasteiger partial charge in [0.25, 0.3) is 0 Å². The minimum atomic E-state index is -0.456. The SMILES string of the molecule is CC(O)COC(C)C(OC(C)C)c1ccccc1. The van der Waals surface area contributed by atoms with Crippen LogP contribution in [0.2, 0.25) is 0 Å². The Labute approximate surface area is 110 Å². The Kier molecular flexibility index (Phi) is 6.33. The number of ether oxygens (including phenoxy) is 2. The van der Waals surface area contributed by atoms with Crippen LogP contribution in [0.25, 0.3) is 0 Å². The van der Waals surface area contributed by atoms with Gasteiger partial charge in [0.1, 0.15) is 6.10 Å². The van der Waals surface area contributed by atoms with Gasteiger partial charge in [-0.25, -0.2) is 0 Å². The summed E-state index contributed by atoms with van der Waals surface area (Å²) in [4.78, 5) is 0. The van der Waals surface area contributed by atoms with Crippen LogP contribution in [0.5, 0.6) is 0 Å². The van der Waals surface area contributed by atoms with Gasteiger partial charge >= 0.3 is 0 Å². The summed E-state index contributed by atoms with van der Waals surface area (Å²) in [5.41, 5.74) is 1.10. The molecular weight excluding hydrogens is 228 g/mol. The first-order chi connectivity index (χ1) is 8.50. The molecule has 0 aromatic heterocycles. The van der Waals surface area contributed by atoms with Crippen LogP contribution in [0.1, 0.15) is 39.4 Å². The Hall–Kier alpha value is -0.900. The maximum Gasteiger partial charge on any atom is 0.109 e. The molecule has 0 aliphatic heterocycles. The van der Waals surface area contributed by atoms with Crippen LogP contribution in [-0.4, -0.2) is 30.0 Å². The lowest BCUT2D eigenvalue weighted by Gasteiger charge is -2.27. The summed E-state index contributed by atoms with van der Waals surface area (Å²) in [6, 6.07) is 10.0. The van der Waals surface area contributed by atoms with Crippen molar-refractivity contribution < 1.29 is 14.6 Å². The van der Waals surface area contributed by atoms with Gasteiger partial charge in [-0.05, 0) is 33.3 Å². The molecule has 0 heterocycles. The first-order valence-electron chi connectivity index (χ1n) is 6.50. The van der Waals surface area contributed by atoms with Crippen molar-refractivity contribution in [3.8, 4) is 0 Å². The third-order valence-electron chi connectivity index (χ3n) is 2.57. The molecule has 3 heteroatoms. The number of benzene rings is 1. The van der Waals surface area contributed by atoms with Crippen LogP contribution in [0.3, 0.4) is 0 Å². The molecular formula is C15H24O3. The van der Waals surface area contributed by atoms with E-state index in [9.17, 15) is 5.11 Å². The van der Waals surface area contributed by atoms with Gasteiger partial charge in [0.15, 0.2) is 0 Å². The predicted octanol–water partition coefficient (Wildman–Crippen LogP) is 2.94. The zero-order chi connectivity index (χ0) is 13.5. The van der Waals surface area contributed by atoms with Gasteiger partial charge in [-0.15, -0.1) is 0 Å². The molecule has 3 nitrogen and oxygen atoms in total. The van der Waals surface area contributed by atoms with Crippen LogP contribution in [0.4, 0.5) is 0 Å². The normalized spacial score (nSPS) is 16.6. The van der Waals surface area contributed by atoms with Gasteiger partial charge in [-0.2, -0.15) is 0 Å². The molecule has 102 valence electrons. The molecule has 0 aliphatic rings. The van der Waals surface area contributed by atoms with E-state index in [0.717, 1.165) is 5.56 Å². The topological polar surface area (TPSA) is 38.7 Å². The lowest BCUT2D eigenvalue weighted by Crippen LogP contribution is -2.27. The molecule has 0 bridgehead atoms.